The Hall–Kier alpha value is -2.61. The van der Waals surface area contributed by atoms with Gasteiger partial charge in [-0.2, -0.15) is 0 Å². The van der Waals surface area contributed by atoms with E-state index in [-0.39, 0.29) is 24.0 Å². The molecule has 0 heterocycles. The van der Waals surface area contributed by atoms with E-state index < -0.39 is 4.92 Å². The molecule has 0 aliphatic heterocycles. The molecule has 120 valence electrons. The summed E-state index contributed by atoms with van der Waals surface area (Å²) >= 11 is 3.31. The van der Waals surface area contributed by atoms with Crippen LogP contribution in [0.2, 0.25) is 0 Å². The highest BCUT2D eigenvalue weighted by Gasteiger charge is 2.15. The molecule has 0 saturated carbocycles. The maximum atomic E-state index is 11.8. The van der Waals surface area contributed by atoms with Crippen molar-refractivity contribution < 1.29 is 19.2 Å². The van der Waals surface area contributed by atoms with Crippen LogP contribution < -0.4 is 14.8 Å². The first-order valence-corrected chi connectivity index (χ1v) is 7.29. The zero-order valence-corrected chi connectivity index (χ0v) is 13.7. The van der Waals surface area contributed by atoms with E-state index in [1.807, 2.05) is 0 Å². The SMILES string of the molecule is COc1cc(OCC(=O)Nc2ccc(Br)cc2)ccc1[N+](=O)[O-]. The Morgan fingerprint density at radius 1 is 1.26 bits per heavy atom. The van der Waals surface area contributed by atoms with Gasteiger partial charge < -0.3 is 14.8 Å². The van der Waals surface area contributed by atoms with Crippen LogP contribution in [0.5, 0.6) is 11.5 Å². The van der Waals surface area contributed by atoms with Gasteiger partial charge in [0.25, 0.3) is 5.91 Å². The van der Waals surface area contributed by atoms with E-state index in [0.717, 1.165) is 4.47 Å². The summed E-state index contributed by atoms with van der Waals surface area (Å²) in [6, 6.07) is 11.1. The van der Waals surface area contributed by atoms with Crippen molar-refractivity contribution in [2.45, 2.75) is 0 Å². The van der Waals surface area contributed by atoms with Crippen molar-refractivity contribution in [1.82, 2.24) is 0 Å². The number of ether oxygens (including phenoxy) is 2. The highest BCUT2D eigenvalue weighted by atomic mass is 79.9. The first kappa shape index (κ1) is 16.8. The predicted molar refractivity (Wildman–Crippen MR) is 87.9 cm³/mol. The molecule has 23 heavy (non-hydrogen) atoms. The van der Waals surface area contributed by atoms with Gasteiger partial charge in [0, 0.05) is 22.3 Å². The number of methoxy groups -OCH3 is 1. The molecule has 2 aromatic rings. The van der Waals surface area contributed by atoms with Gasteiger partial charge in [-0.15, -0.1) is 0 Å². The lowest BCUT2D eigenvalue weighted by Crippen LogP contribution is -2.20. The van der Waals surface area contributed by atoms with E-state index in [1.54, 1.807) is 24.3 Å². The largest absolute Gasteiger partial charge is 0.490 e. The van der Waals surface area contributed by atoms with E-state index in [2.05, 4.69) is 21.2 Å². The molecular weight excluding hydrogens is 368 g/mol. The average molecular weight is 381 g/mol. The van der Waals surface area contributed by atoms with Crippen molar-refractivity contribution in [3.63, 3.8) is 0 Å². The van der Waals surface area contributed by atoms with Gasteiger partial charge in [0.1, 0.15) is 5.75 Å². The van der Waals surface area contributed by atoms with E-state index >= 15 is 0 Å². The second kappa shape index (κ2) is 7.59. The summed E-state index contributed by atoms with van der Waals surface area (Å²) in [5, 5.41) is 13.5. The number of carbonyl (C=O) groups is 1. The molecule has 0 saturated heterocycles. The first-order valence-electron chi connectivity index (χ1n) is 6.50. The lowest BCUT2D eigenvalue weighted by atomic mass is 10.3. The van der Waals surface area contributed by atoms with Crippen molar-refractivity contribution in [2.75, 3.05) is 19.0 Å². The molecule has 0 atom stereocenters. The summed E-state index contributed by atoms with van der Waals surface area (Å²) in [6.45, 7) is -0.225. The number of carbonyl (C=O) groups excluding carboxylic acids is 1. The van der Waals surface area contributed by atoms with Gasteiger partial charge in [-0.25, -0.2) is 0 Å². The Balaban J connectivity index is 1.96. The third-order valence-corrected chi connectivity index (χ3v) is 3.37. The fourth-order valence-electron chi connectivity index (χ4n) is 1.78. The quantitative estimate of drug-likeness (QED) is 0.612. The Kier molecular flexibility index (Phi) is 5.53. The number of nitrogens with one attached hydrogen (secondary N) is 1. The molecule has 1 N–H and O–H groups in total. The molecule has 0 aromatic heterocycles. The number of nitro benzene ring substituents is 1. The normalized spacial score (nSPS) is 10.0. The summed E-state index contributed by atoms with van der Waals surface area (Å²) in [5.41, 5.74) is 0.474. The molecule has 0 fully saturated rings. The number of nitro groups is 1. The van der Waals surface area contributed by atoms with Crippen molar-refractivity contribution in [3.8, 4) is 11.5 Å². The van der Waals surface area contributed by atoms with Crippen LogP contribution in [0, 0.1) is 10.1 Å². The predicted octanol–water partition coefficient (Wildman–Crippen LogP) is 3.38. The van der Waals surface area contributed by atoms with Crippen molar-refractivity contribution in [2.24, 2.45) is 0 Å². The molecule has 0 aliphatic rings. The van der Waals surface area contributed by atoms with E-state index in [0.29, 0.717) is 11.4 Å². The van der Waals surface area contributed by atoms with Crippen LogP contribution in [0.3, 0.4) is 0 Å². The van der Waals surface area contributed by atoms with Crippen LogP contribution >= 0.6 is 15.9 Å². The molecule has 0 unspecified atom stereocenters. The second-order valence-electron chi connectivity index (χ2n) is 4.43. The molecular formula is C15H13BrN2O5. The van der Waals surface area contributed by atoms with Gasteiger partial charge in [-0.3, -0.25) is 14.9 Å². The summed E-state index contributed by atoms with van der Waals surface area (Å²) < 4.78 is 11.2. The molecule has 0 spiro atoms. The summed E-state index contributed by atoms with van der Waals surface area (Å²) in [6.07, 6.45) is 0. The molecule has 0 radical (unpaired) electrons. The lowest BCUT2D eigenvalue weighted by Gasteiger charge is -2.09. The number of anilines is 1. The Bertz CT molecular complexity index is 718. The molecule has 0 bridgehead atoms. The summed E-state index contributed by atoms with van der Waals surface area (Å²) in [4.78, 5) is 22.1. The number of amides is 1. The zero-order valence-electron chi connectivity index (χ0n) is 12.1. The molecule has 2 aromatic carbocycles. The zero-order chi connectivity index (χ0) is 16.8. The van der Waals surface area contributed by atoms with Gasteiger partial charge in [0.2, 0.25) is 5.75 Å². The minimum atomic E-state index is -0.553. The van der Waals surface area contributed by atoms with Crippen LogP contribution in [0.1, 0.15) is 0 Å². The monoisotopic (exact) mass is 380 g/mol. The topological polar surface area (TPSA) is 90.7 Å². The average Bonchev–Trinajstić information content (AvgIpc) is 2.54. The maximum Gasteiger partial charge on any atom is 0.311 e. The number of halogens is 1. The molecule has 8 heteroatoms. The van der Waals surface area contributed by atoms with Crippen LogP contribution in [-0.2, 0) is 4.79 Å². The van der Waals surface area contributed by atoms with Gasteiger partial charge in [-0.05, 0) is 30.3 Å². The third kappa shape index (κ3) is 4.68. The minimum Gasteiger partial charge on any atom is -0.490 e. The highest BCUT2D eigenvalue weighted by Crippen LogP contribution is 2.30. The fourth-order valence-corrected chi connectivity index (χ4v) is 2.04. The molecule has 0 aliphatic carbocycles. The van der Waals surface area contributed by atoms with E-state index in [9.17, 15) is 14.9 Å². The Morgan fingerprint density at radius 3 is 2.57 bits per heavy atom. The van der Waals surface area contributed by atoms with E-state index in [1.165, 1.54) is 25.3 Å². The highest BCUT2D eigenvalue weighted by molar-refractivity contribution is 9.10. The second-order valence-corrected chi connectivity index (χ2v) is 5.35. The first-order chi connectivity index (χ1) is 11.0. The number of hydrogen-bond donors (Lipinski definition) is 1. The number of hydrogen-bond acceptors (Lipinski definition) is 5. The van der Waals surface area contributed by atoms with Crippen molar-refractivity contribution in [3.05, 3.63) is 57.1 Å². The van der Waals surface area contributed by atoms with Crippen molar-refractivity contribution >= 4 is 33.2 Å². The Morgan fingerprint density at radius 2 is 1.96 bits per heavy atom. The molecule has 1 amide bonds. The Labute approximate surface area is 140 Å². The standard InChI is InChI=1S/C15H13BrN2O5/c1-22-14-8-12(6-7-13(14)18(20)21)23-9-15(19)17-11-4-2-10(16)3-5-11/h2-8H,9H2,1H3,(H,17,19). The number of rotatable bonds is 6. The summed E-state index contributed by atoms with van der Waals surface area (Å²) in [5.74, 6) is 0.0314. The lowest BCUT2D eigenvalue weighted by molar-refractivity contribution is -0.385. The van der Waals surface area contributed by atoms with Gasteiger partial charge in [0.15, 0.2) is 6.61 Å². The van der Waals surface area contributed by atoms with Crippen molar-refractivity contribution in [1.29, 1.82) is 0 Å². The van der Waals surface area contributed by atoms with Gasteiger partial charge in [-0.1, -0.05) is 15.9 Å². The van der Waals surface area contributed by atoms with Crippen LogP contribution in [0.25, 0.3) is 0 Å². The molecule has 2 rings (SSSR count). The summed E-state index contributed by atoms with van der Waals surface area (Å²) in [7, 11) is 1.33. The van der Waals surface area contributed by atoms with E-state index in [4.69, 9.17) is 9.47 Å². The van der Waals surface area contributed by atoms with Crippen LogP contribution in [0.15, 0.2) is 46.9 Å². The maximum absolute atomic E-state index is 11.8. The fraction of sp³-hybridized carbons (Fsp3) is 0.133. The van der Waals surface area contributed by atoms with Gasteiger partial charge in [0.05, 0.1) is 12.0 Å². The van der Waals surface area contributed by atoms with Gasteiger partial charge >= 0.3 is 5.69 Å². The number of benzene rings is 2. The third-order valence-electron chi connectivity index (χ3n) is 2.85. The molecule has 7 nitrogen and oxygen atoms in total. The minimum absolute atomic E-state index is 0.0702. The van der Waals surface area contributed by atoms with Crippen LogP contribution in [0.4, 0.5) is 11.4 Å². The van der Waals surface area contributed by atoms with Crippen LogP contribution in [-0.4, -0.2) is 24.5 Å². The smallest absolute Gasteiger partial charge is 0.311 e. The number of nitrogens with zero attached hydrogens (tertiary/aromatic N) is 1.